The van der Waals surface area contributed by atoms with Crippen LogP contribution in [0.25, 0.3) is 10.8 Å². The molecule has 29 heavy (non-hydrogen) atoms. The van der Waals surface area contributed by atoms with Crippen LogP contribution < -0.4 is 14.9 Å². The Morgan fingerprint density at radius 1 is 1.00 bits per heavy atom. The number of anilines is 2. The zero-order valence-corrected chi connectivity index (χ0v) is 17.7. The Bertz CT molecular complexity index is 1140. The Labute approximate surface area is 180 Å². The van der Waals surface area contributed by atoms with E-state index in [1.54, 1.807) is 6.07 Å². The molecule has 5 nitrogen and oxygen atoms in total. The van der Waals surface area contributed by atoms with Crippen LogP contribution in [0.3, 0.4) is 0 Å². The van der Waals surface area contributed by atoms with Gasteiger partial charge in [0.15, 0.2) is 0 Å². The minimum atomic E-state index is -3.96. The maximum absolute atomic E-state index is 13.3. The molecule has 0 aromatic heterocycles. The second kappa shape index (κ2) is 8.75. The summed E-state index contributed by atoms with van der Waals surface area (Å²) in [4.78, 5) is 2.12. The predicted octanol–water partition coefficient (Wildman–Crippen LogP) is 4.26. The number of rotatable bonds is 4. The summed E-state index contributed by atoms with van der Waals surface area (Å²) < 4.78 is 41.5. The van der Waals surface area contributed by atoms with Crippen molar-refractivity contribution in [2.24, 2.45) is 0 Å². The van der Waals surface area contributed by atoms with Crippen molar-refractivity contribution in [3.05, 3.63) is 65.4 Å². The van der Waals surface area contributed by atoms with Crippen LogP contribution in [0, 0.1) is 5.82 Å². The van der Waals surface area contributed by atoms with Gasteiger partial charge in [-0.3, -0.25) is 4.72 Å². The molecule has 4 rings (SSSR count). The number of sulfonamides is 1. The van der Waals surface area contributed by atoms with Crippen molar-refractivity contribution in [3.63, 3.8) is 0 Å². The van der Waals surface area contributed by atoms with E-state index in [9.17, 15) is 12.8 Å². The smallest absolute Gasteiger partial charge is 0.263 e. The molecule has 3 aromatic carbocycles. The van der Waals surface area contributed by atoms with E-state index in [1.807, 2.05) is 30.3 Å². The number of nitrogens with one attached hydrogen (secondary N) is 2. The molecule has 1 aliphatic heterocycles. The molecular formula is C20H20Cl2FN3O2S. The van der Waals surface area contributed by atoms with Crippen LogP contribution in [0.2, 0.25) is 5.02 Å². The fraction of sp³-hybridized carbons (Fsp3) is 0.200. The molecule has 0 atom stereocenters. The molecule has 0 unspecified atom stereocenters. The molecule has 0 aliphatic carbocycles. The molecule has 1 heterocycles. The van der Waals surface area contributed by atoms with Crippen LogP contribution in [0.4, 0.5) is 15.8 Å². The lowest BCUT2D eigenvalue weighted by Crippen LogP contribution is -2.43. The van der Waals surface area contributed by atoms with E-state index < -0.39 is 15.8 Å². The van der Waals surface area contributed by atoms with Gasteiger partial charge < -0.3 is 10.2 Å². The molecule has 1 aliphatic rings. The zero-order valence-electron chi connectivity index (χ0n) is 15.4. The summed E-state index contributed by atoms with van der Waals surface area (Å²) in [6.45, 7) is 3.60. The van der Waals surface area contributed by atoms with E-state index in [0.29, 0.717) is 5.69 Å². The molecule has 0 saturated carbocycles. The van der Waals surface area contributed by atoms with Gasteiger partial charge in [0.2, 0.25) is 0 Å². The Morgan fingerprint density at radius 3 is 2.38 bits per heavy atom. The highest BCUT2D eigenvalue weighted by Crippen LogP contribution is 2.34. The normalized spacial score (nSPS) is 14.5. The van der Waals surface area contributed by atoms with E-state index in [0.717, 1.165) is 60.8 Å². The highest BCUT2D eigenvalue weighted by molar-refractivity contribution is 7.92. The number of benzene rings is 3. The lowest BCUT2D eigenvalue weighted by Gasteiger charge is -2.30. The number of hydrogen-bond donors (Lipinski definition) is 2. The van der Waals surface area contributed by atoms with Gasteiger partial charge in [0.25, 0.3) is 10.0 Å². The molecule has 0 radical (unpaired) electrons. The second-order valence-corrected chi connectivity index (χ2v) is 8.65. The average Bonchev–Trinajstić information content (AvgIpc) is 2.68. The summed E-state index contributed by atoms with van der Waals surface area (Å²) in [6, 6.07) is 14.6. The minimum Gasteiger partial charge on any atom is -0.368 e. The van der Waals surface area contributed by atoms with Crippen molar-refractivity contribution in [1.29, 1.82) is 0 Å². The maximum Gasteiger partial charge on any atom is 0.263 e. The first-order valence-electron chi connectivity index (χ1n) is 8.91. The van der Waals surface area contributed by atoms with Gasteiger partial charge >= 0.3 is 0 Å². The average molecular weight is 456 g/mol. The van der Waals surface area contributed by atoms with Crippen LogP contribution in [0.15, 0.2) is 59.5 Å². The van der Waals surface area contributed by atoms with Gasteiger partial charge in [0.05, 0.1) is 10.7 Å². The third-order valence-corrected chi connectivity index (χ3v) is 6.63. The molecular weight excluding hydrogens is 436 g/mol. The topological polar surface area (TPSA) is 61.4 Å². The summed E-state index contributed by atoms with van der Waals surface area (Å²) in [5.41, 5.74) is 1.52. The van der Waals surface area contributed by atoms with Crippen molar-refractivity contribution in [1.82, 2.24) is 5.32 Å². The van der Waals surface area contributed by atoms with E-state index >= 15 is 0 Å². The first-order valence-corrected chi connectivity index (χ1v) is 10.8. The van der Waals surface area contributed by atoms with Crippen LogP contribution in [-0.2, 0) is 10.0 Å². The number of hydrogen-bond acceptors (Lipinski definition) is 4. The quantitative estimate of drug-likeness (QED) is 0.616. The molecule has 2 N–H and O–H groups in total. The zero-order chi connectivity index (χ0) is 19.7. The first-order chi connectivity index (χ1) is 13.5. The van der Waals surface area contributed by atoms with Crippen molar-refractivity contribution in [3.8, 4) is 0 Å². The Hall–Kier alpha value is -2.06. The molecule has 1 saturated heterocycles. The Kier molecular flexibility index (Phi) is 6.53. The molecule has 1 fully saturated rings. The Balaban J connectivity index is 0.00000240. The number of piperazine rings is 1. The van der Waals surface area contributed by atoms with Crippen LogP contribution >= 0.6 is 24.0 Å². The van der Waals surface area contributed by atoms with Gasteiger partial charge in [-0.2, -0.15) is 0 Å². The van der Waals surface area contributed by atoms with E-state index in [-0.39, 0.29) is 22.3 Å². The highest BCUT2D eigenvalue weighted by Gasteiger charge is 2.21. The van der Waals surface area contributed by atoms with Crippen LogP contribution in [0.5, 0.6) is 0 Å². The van der Waals surface area contributed by atoms with Crippen molar-refractivity contribution in [2.45, 2.75) is 4.90 Å². The third-order valence-electron chi connectivity index (χ3n) is 4.79. The standard InChI is InChI=1S/C20H19ClFN3O2S.ClH/c21-17-13-14(22)5-8-20(17)28(26,27)24-18-6-7-19(25-11-9-23-10-12-25)16-4-2-1-3-15(16)18;/h1-8,13,23-24H,9-12H2;1H. The van der Waals surface area contributed by atoms with Gasteiger partial charge in [-0.15, -0.1) is 12.4 Å². The van der Waals surface area contributed by atoms with Gasteiger partial charge in [-0.05, 0) is 30.3 Å². The summed E-state index contributed by atoms with van der Waals surface area (Å²) in [5.74, 6) is -0.588. The lowest BCUT2D eigenvalue weighted by molar-refractivity contribution is 0.590. The summed E-state index contributed by atoms with van der Waals surface area (Å²) in [5, 5.41) is 4.93. The van der Waals surface area contributed by atoms with Crippen molar-refractivity contribution < 1.29 is 12.8 Å². The molecule has 0 bridgehead atoms. The fourth-order valence-electron chi connectivity index (χ4n) is 3.45. The van der Waals surface area contributed by atoms with E-state index in [2.05, 4.69) is 14.9 Å². The second-order valence-electron chi connectivity index (χ2n) is 6.60. The summed E-state index contributed by atoms with van der Waals surface area (Å²) >= 11 is 5.95. The van der Waals surface area contributed by atoms with Gasteiger partial charge in [-0.1, -0.05) is 35.9 Å². The van der Waals surface area contributed by atoms with E-state index in [1.165, 1.54) is 0 Å². The maximum atomic E-state index is 13.3. The number of fused-ring (bicyclic) bond motifs is 1. The SMILES string of the molecule is Cl.O=S(=O)(Nc1ccc(N2CCNCC2)c2ccccc12)c1ccc(F)cc1Cl. The van der Waals surface area contributed by atoms with Crippen molar-refractivity contribution >= 4 is 56.2 Å². The molecule has 0 spiro atoms. The number of nitrogens with zero attached hydrogens (tertiary/aromatic N) is 1. The predicted molar refractivity (Wildman–Crippen MR) is 118 cm³/mol. The highest BCUT2D eigenvalue weighted by atomic mass is 35.5. The number of halogens is 3. The van der Waals surface area contributed by atoms with Crippen LogP contribution in [-0.4, -0.2) is 34.6 Å². The van der Waals surface area contributed by atoms with Gasteiger partial charge in [-0.25, -0.2) is 12.8 Å². The Morgan fingerprint density at radius 2 is 1.69 bits per heavy atom. The summed E-state index contributed by atoms with van der Waals surface area (Å²) in [6.07, 6.45) is 0. The summed E-state index contributed by atoms with van der Waals surface area (Å²) in [7, 11) is -3.96. The van der Waals surface area contributed by atoms with Gasteiger partial charge in [0.1, 0.15) is 10.7 Å². The lowest BCUT2D eigenvalue weighted by atomic mass is 10.1. The molecule has 0 amide bonds. The third kappa shape index (κ3) is 4.43. The molecule has 9 heteroatoms. The minimum absolute atomic E-state index is 0. The van der Waals surface area contributed by atoms with Crippen LogP contribution in [0.1, 0.15) is 0 Å². The van der Waals surface area contributed by atoms with E-state index in [4.69, 9.17) is 11.6 Å². The molecule has 154 valence electrons. The molecule has 3 aromatic rings. The van der Waals surface area contributed by atoms with Crippen molar-refractivity contribution in [2.75, 3.05) is 35.8 Å². The first kappa shape index (κ1) is 21.6. The fourth-order valence-corrected chi connectivity index (χ4v) is 5.06. The largest absolute Gasteiger partial charge is 0.368 e. The monoisotopic (exact) mass is 455 g/mol. The van der Waals surface area contributed by atoms with Gasteiger partial charge in [0, 0.05) is 42.6 Å².